The van der Waals surface area contributed by atoms with Crippen LogP contribution in [0.4, 0.5) is 5.82 Å². The van der Waals surface area contributed by atoms with E-state index in [-0.39, 0.29) is 0 Å². The van der Waals surface area contributed by atoms with E-state index in [2.05, 4.69) is 9.98 Å². The molecule has 1 heterocycles. The summed E-state index contributed by atoms with van der Waals surface area (Å²) in [5, 5.41) is 1.04. The second-order valence-corrected chi connectivity index (χ2v) is 3.07. The van der Waals surface area contributed by atoms with Gasteiger partial charge in [0.25, 0.3) is 0 Å². The predicted molar refractivity (Wildman–Crippen MR) is 54.3 cm³/mol. The maximum atomic E-state index is 10.0. The zero-order chi connectivity index (χ0) is 9.97. The number of fused-ring (bicyclic) bond motifs is 1. The first-order valence-corrected chi connectivity index (χ1v) is 4.25. The molecule has 0 N–H and O–H groups in total. The quantitative estimate of drug-likeness (QED) is 0.504. The molecule has 0 aliphatic carbocycles. The topological polar surface area (TPSA) is 42.3 Å². The highest BCUT2D eigenvalue weighted by Crippen LogP contribution is 2.17. The predicted octanol–water partition coefficient (Wildman–Crippen LogP) is 2.51. The van der Waals surface area contributed by atoms with E-state index in [0.29, 0.717) is 5.82 Å². The minimum Gasteiger partial charge on any atom is -0.228 e. The average Bonchev–Trinajstić information content (AvgIpc) is 2.17. The Morgan fingerprint density at radius 2 is 2.07 bits per heavy atom. The summed E-state index contributed by atoms with van der Waals surface area (Å²) < 4.78 is 0. The molecule has 0 aliphatic heterocycles. The first-order chi connectivity index (χ1) is 6.79. The third-order valence-electron chi connectivity index (χ3n) is 1.99. The standard InChI is InChI=1S/C11H8N2O/c1-8-2-3-9-4-5-11(12-7-14)13-10(9)6-8/h2-6H,1H3. The Morgan fingerprint density at radius 1 is 1.29 bits per heavy atom. The van der Waals surface area contributed by atoms with Crippen molar-refractivity contribution in [3.05, 3.63) is 35.9 Å². The van der Waals surface area contributed by atoms with E-state index in [1.54, 1.807) is 6.07 Å². The van der Waals surface area contributed by atoms with Crippen LogP contribution < -0.4 is 0 Å². The van der Waals surface area contributed by atoms with Gasteiger partial charge < -0.3 is 0 Å². The van der Waals surface area contributed by atoms with Crippen molar-refractivity contribution in [2.75, 3.05) is 0 Å². The molecule has 0 atom stereocenters. The van der Waals surface area contributed by atoms with Gasteiger partial charge in [-0.3, -0.25) is 0 Å². The molecule has 0 fully saturated rings. The summed E-state index contributed by atoms with van der Waals surface area (Å²) in [5.74, 6) is 0.401. The zero-order valence-corrected chi connectivity index (χ0v) is 7.69. The van der Waals surface area contributed by atoms with Gasteiger partial charge in [0.1, 0.15) is 0 Å². The summed E-state index contributed by atoms with van der Waals surface area (Å²) in [6, 6.07) is 9.55. The van der Waals surface area contributed by atoms with Crippen LogP contribution in [0.2, 0.25) is 0 Å². The van der Waals surface area contributed by atoms with Crippen molar-refractivity contribution in [3.63, 3.8) is 0 Å². The third kappa shape index (κ3) is 1.53. The van der Waals surface area contributed by atoms with Crippen molar-refractivity contribution in [1.82, 2.24) is 4.98 Å². The molecule has 3 heteroatoms. The fourth-order valence-corrected chi connectivity index (χ4v) is 1.33. The Bertz CT molecular complexity index is 528. The van der Waals surface area contributed by atoms with E-state index >= 15 is 0 Å². The lowest BCUT2D eigenvalue weighted by Crippen LogP contribution is -1.80. The minimum atomic E-state index is 0.401. The number of aliphatic imine (C=N–C) groups is 1. The normalized spacial score (nSPS) is 9.79. The van der Waals surface area contributed by atoms with Crippen LogP contribution >= 0.6 is 0 Å². The van der Waals surface area contributed by atoms with Gasteiger partial charge in [-0.2, -0.15) is 0 Å². The number of carbonyl (C=O) groups excluding carboxylic acids is 1. The van der Waals surface area contributed by atoms with Gasteiger partial charge in [-0.15, -0.1) is 4.99 Å². The lowest BCUT2D eigenvalue weighted by Gasteiger charge is -1.98. The second-order valence-electron chi connectivity index (χ2n) is 3.07. The molecule has 0 saturated heterocycles. The molecule has 0 aliphatic rings. The Morgan fingerprint density at radius 3 is 2.86 bits per heavy atom. The Balaban J connectivity index is 2.69. The summed E-state index contributed by atoms with van der Waals surface area (Å²) in [6.45, 7) is 2.00. The van der Waals surface area contributed by atoms with Crippen LogP contribution in [-0.4, -0.2) is 11.1 Å². The molecule has 3 nitrogen and oxygen atoms in total. The molecule has 0 saturated carbocycles. The molecule has 0 unspecified atom stereocenters. The molecule has 2 rings (SSSR count). The van der Waals surface area contributed by atoms with Gasteiger partial charge in [0, 0.05) is 5.39 Å². The molecule has 0 amide bonds. The van der Waals surface area contributed by atoms with Crippen LogP contribution in [0.15, 0.2) is 35.3 Å². The molecule has 2 aromatic rings. The molecule has 1 aromatic carbocycles. The molecule has 68 valence electrons. The SMILES string of the molecule is Cc1ccc2ccc(N=C=O)nc2c1. The van der Waals surface area contributed by atoms with Crippen LogP contribution in [0.5, 0.6) is 0 Å². The second kappa shape index (κ2) is 3.40. The van der Waals surface area contributed by atoms with Crippen molar-refractivity contribution >= 4 is 22.8 Å². The first-order valence-electron chi connectivity index (χ1n) is 4.25. The van der Waals surface area contributed by atoms with Crippen LogP contribution in [0, 0.1) is 6.92 Å². The molecule has 0 bridgehead atoms. The number of pyridine rings is 1. The number of hydrogen-bond donors (Lipinski definition) is 0. The molecule has 0 spiro atoms. The Kier molecular flexibility index (Phi) is 2.09. The number of hydrogen-bond acceptors (Lipinski definition) is 3. The number of aromatic nitrogens is 1. The number of rotatable bonds is 1. The summed E-state index contributed by atoms with van der Waals surface area (Å²) >= 11 is 0. The van der Waals surface area contributed by atoms with Crippen molar-refractivity contribution in [2.24, 2.45) is 4.99 Å². The van der Waals surface area contributed by atoms with Crippen molar-refractivity contribution < 1.29 is 4.79 Å². The van der Waals surface area contributed by atoms with Crippen molar-refractivity contribution in [2.45, 2.75) is 6.92 Å². The highest BCUT2D eigenvalue weighted by molar-refractivity contribution is 5.80. The lowest BCUT2D eigenvalue weighted by atomic mass is 10.1. The Hall–Kier alpha value is -1.99. The van der Waals surface area contributed by atoms with Crippen LogP contribution in [0.3, 0.4) is 0 Å². The Labute approximate surface area is 81.1 Å². The third-order valence-corrected chi connectivity index (χ3v) is 1.99. The molecule has 0 radical (unpaired) electrons. The maximum Gasteiger partial charge on any atom is 0.242 e. The van der Waals surface area contributed by atoms with Gasteiger partial charge in [0.05, 0.1) is 5.52 Å². The summed E-state index contributed by atoms with van der Waals surface area (Å²) in [4.78, 5) is 17.7. The number of isocyanates is 1. The fraction of sp³-hybridized carbons (Fsp3) is 0.0909. The van der Waals surface area contributed by atoms with Gasteiger partial charge in [0.15, 0.2) is 5.82 Å². The largest absolute Gasteiger partial charge is 0.242 e. The smallest absolute Gasteiger partial charge is 0.228 e. The van der Waals surface area contributed by atoms with E-state index in [1.165, 1.54) is 6.08 Å². The maximum absolute atomic E-state index is 10.0. The van der Waals surface area contributed by atoms with Crippen molar-refractivity contribution in [1.29, 1.82) is 0 Å². The van der Waals surface area contributed by atoms with E-state index in [1.807, 2.05) is 31.2 Å². The monoisotopic (exact) mass is 184 g/mol. The van der Waals surface area contributed by atoms with E-state index in [0.717, 1.165) is 16.5 Å². The van der Waals surface area contributed by atoms with Crippen LogP contribution in [0.1, 0.15) is 5.56 Å². The van der Waals surface area contributed by atoms with Gasteiger partial charge in [-0.1, -0.05) is 12.1 Å². The summed E-state index contributed by atoms with van der Waals surface area (Å²) in [5.41, 5.74) is 1.98. The average molecular weight is 184 g/mol. The number of aryl methyl sites for hydroxylation is 1. The van der Waals surface area contributed by atoms with Gasteiger partial charge >= 0.3 is 0 Å². The van der Waals surface area contributed by atoms with Gasteiger partial charge in [-0.25, -0.2) is 9.78 Å². The lowest BCUT2D eigenvalue weighted by molar-refractivity contribution is 0.565. The summed E-state index contributed by atoms with van der Waals surface area (Å²) in [7, 11) is 0. The van der Waals surface area contributed by atoms with Crippen molar-refractivity contribution in [3.8, 4) is 0 Å². The van der Waals surface area contributed by atoms with Gasteiger partial charge in [0.2, 0.25) is 6.08 Å². The zero-order valence-electron chi connectivity index (χ0n) is 7.69. The van der Waals surface area contributed by atoms with Crippen LogP contribution in [-0.2, 0) is 4.79 Å². The molecular weight excluding hydrogens is 176 g/mol. The van der Waals surface area contributed by atoms with E-state index in [9.17, 15) is 4.79 Å². The molecule has 1 aromatic heterocycles. The molecular formula is C11H8N2O. The highest BCUT2D eigenvalue weighted by Gasteiger charge is 1.96. The fourth-order valence-electron chi connectivity index (χ4n) is 1.33. The van der Waals surface area contributed by atoms with Crippen LogP contribution in [0.25, 0.3) is 10.9 Å². The summed E-state index contributed by atoms with van der Waals surface area (Å²) in [6.07, 6.45) is 1.48. The minimum absolute atomic E-state index is 0.401. The highest BCUT2D eigenvalue weighted by atomic mass is 16.1. The molecule has 14 heavy (non-hydrogen) atoms. The number of nitrogens with zero attached hydrogens (tertiary/aromatic N) is 2. The van der Waals surface area contributed by atoms with Gasteiger partial charge in [-0.05, 0) is 30.7 Å². The van der Waals surface area contributed by atoms with E-state index < -0.39 is 0 Å². The first kappa shape index (κ1) is 8.60. The number of benzene rings is 1. The van der Waals surface area contributed by atoms with E-state index in [4.69, 9.17) is 0 Å².